The number of hydrogen-bond donors (Lipinski definition) is 2. The third-order valence-electron chi connectivity index (χ3n) is 6.24. The minimum absolute atomic E-state index is 0.489. The van der Waals surface area contributed by atoms with Crippen molar-refractivity contribution in [3.8, 4) is 0 Å². The average Bonchev–Trinajstić information content (AvgIpc) is 3.17. The second-order valence-electron chi connectivity index (χ2n) is 8.46. The van der Waals surface area contributed by atoms with Crippen LogP contribution in [0.3, 0.4) is 0 Å². The second kappa shape index (κ2) is 10.6. The number of fused-ring (bicyclic) bond motifs is 3. The van der Waals surface area contributed by atoms with Crippen molar-refractivity contribution < 1.29 is 4.21 Å². The summed E-state index contributed by atoms with van der Waals surface area (Å²) >= 11 is 0. The van der Waals surface area contributed by atoms with E-state index in [1.807, 2.05) is 22.5 Å². The van der Waals surface area contributed by atoms with E-state index in [2.05, 4.69) is 40.0 Å². The number of benzene rings is 1. The van der Waals surface area contributed by atoms with E-state index in [9.17, 15) is 4.21 Å². The summed E-state index contributed by atoms with van der Waals surface area (Å²) in [5, 5.41) is 4.71. The SMILES string of the molecule is CCCCc1nc2c(N)nc3ccccc3c2n1C/C=C/CNC1CCN(S(C)=O)CC1. The molecular formula is C24H34N6OS. The molecule has 32 heavy (non-hydrogen) atoms. The lowest BCUT2D eigenvalue weighted by Crippen LogP contribution is -2.42. The number of rotatable bonds is 9. The highest BCUT2D eigenvalue weighted by Crippen LogP contribution is 2.29. The maximum Gasteiger partial charge on any atom is 0.152 e. The monoisotopic (exact) mass is 454 g/mol. The van der Waals surface area contributed by atoms with E-state index >= 15 is 0 Å². The highest BCUT2D eigenvalue weighted by atomic mass is 32.2. The maximum absolute atomic E-state index is 11.6. The first-order chi connectivity index (χ1) is 15.6. The second-order valence-corrected chi connectivity index (χ2v) is 9.82. The van der Waals surface area contributed by atoms with Crippen LogP contribution in [0, 0.1) is 0 Å². The third kappa shape index (κ3) is 5.03. The van der Waals surface area contributed by atoms with Crippen LogP contribution in [-0.4, -0.2) is 55.0 Å². The van der Waals surface area contributed by atoms with E-state index < -0.39 is 11.0 Å². The number of aryl methyl sites for hydroxylation is 1. The van der Waals surface area contributed by atoms with Crippen LogP contribution in [0.25, 0.3) is 21.9 Å². The van der Waals surface area contributed by atoms with Gasteiger partial charge in [0.2, 0.25) is 0 Å². The Labute approximate surface area is 192 Å². The fraction of sp³-hybridized carbons (Fsp3) is 0.500. The topological polar surface area (TPSA) is 89.1 Å². The molecule has 3 aromatic rings. The molecule has 172 valence electrons. The van der Waals surface area contributed by atoms with E-state index in [1.54, 1.807) is 6.26 Å². The summed E-state index contributed by atoms with van der Waals surface area (Å²) < 4.78 is 15.9. The van der Waals surface area contributed by atoms with Crippen molar-refractivity contribution in [2.75, 3.05) is 31.6 Å². The fourth-order valence-corrected chi connectivity index (χ4v) is 5.17. The molecule has 0 saturated carbocycles. The zero-order chi connectivity index (χ0) is 22.5. The van der Waals surface area contributed by atoms with Crippen molar-refractivity contribution in [2.24, 2.45) is 0 Å². The molecule has 1 unspecified atom stereocenters. The molecule has 1 aliphatic heterocycles. The highest BCUT2D eigenvalue weighted by molar-refractivity contribution is 7.81. The van der Waals surface area contributed by atoms with Gasteiger partial charge < -0.3 is 15.6 Å². The number of unbranched alkanes of at least 4 members (excludes halogenated alkanes) is 1. The molecule has 3 heterocycles. The van der Waals surface area contributed by atoms with Gasteiger partial charge >= 0.3 is 0 Å². The highest BCUT2D eigenvalue weighted by Gasteiger charge is 2.20. The number of nitrogens with one attached hydrogen (secondary N) is 1. The van der Waals surface area contributed by atoms with Gasteiger partial charge in [-0.05, 0) is 25.3 Å². The maximum atomic E-state index is 11.6. The zero-order valence-corrected chi connectivity index (χ0v) is 19.9. The molecule has 4 rings (SSSR count). The molecule has 0 aliphatic carbocycles. The van der Waals surface area contributed by atoms with E-state index in [1.165, 1.54) is 0 Å². The van der Waals surface area contributed by atoms with Crippen molar-refractivity contribution in [3.05, 3.63) is 42.2 Å². The lowest BCUT2D eigenvalue weighted by atomic mass is 10.1. The van der Waals surface area contributed by atoms with Crippen LogP contribution < -0.4 is 11.1 Å². The smallest absolute Gasteiger partial charge is 0.152 e. The molecule has 1 fully saturated rings. The van der Waals surface area contributed by atoms with Crippen molar-refractivity contribution in [1.82, 2.24) is 24.2 Å². The van der Waals surface area contributed by atoms with Crippen LogP contribution in [-0.2, 0) is 24.0 Å². The number of piperidine rings is 1. The average molecular weight is 455 g/mol. The number of pyridine rings is 1. The van der Waals surface area contributed by atoms with Crippen molar-refractivity contribution in [3.63, 3.8) is 0 Å². The first kappa shape index (κ1) is 22.9. The molecule has 1 aliphatic rings. The molecule has 1 atom stereocenters. The van der Waals surface area contributed by atoms with E-state index in [4.69, 9.17) is 10.7 Å². The van der Waals surface area contributed by atoms with Gasteiger partial charge in [-0.25, -0.2) is 18.5 Å². The Morgan fingerprint density at radius 1 is 1.22 bits per heavy atom. The number of para-hydroxylation sites is 1. The molecule has 3 N–H and O–H groups in total. The summed E-state index contributed by atoms with van der Waals surface area (Å²) in [7, 11) is -0.852. The molecule has 0 bridgehead atoms. The van der Waals surface area contributed by atoms with Crippen LogP contribution in [0.2, 0.25) is 0 Å². The van der Waals surface area contributed by atoms with Gasteiger partial charge in [-0.3, -0.25) is 0 Å². The van der Waals surface area contributed by atoms with Crippen molar-refractivity contribution in [1.29, 1.82) is 0 Å². The summed E-state index contributed by atoms with van der Waals surface area (Å²) in [5.41, 5.74) is 9.08. The Morgan fingerprint density at radius 2 is 2.00 bits per heavy atom. The summed E-state index contributed by atoms with van der Waals surface area (Å²) in [6.45, 7) is 5.59. The molecule has 0 spiro atoms. The molecular weight excluding hydrogens is 420 g/mol. The van der Waals surface area contributed by atoms with Crippen LogP contribution in [0.4, 0.5) is 5.82 Å². The fourth-order valence-electron chi connectivity index (χ4n) is 4.44. The number of aromatic nitrogens is 3. The molecule has 1 saturated heterocycles. The van der Waals surface area contributed by atoms with Gasteiger partial charge in [-0.1, -0.05) is 43.7 Å². The van der Waals surface area contributed by atoms with Gasteiger partial charge in [0.1, 0.15) is 11.3 Å². The quantitative estimate of drug-likeness (QED) is 0.484. The Balaban J connectivity index is 1.48. The van der Waals surface area contributed by atoms with Gasteiger partial charge in [0.25, 0.3) is 0 Å². The number of hydrogen-bond acceptors (Lipinski definition) is 5. The molecule has 7 nitrogen and oxygen atoms in total. The predicted molar refractivity (Wildman–Crippen MR) is 134 cm³/mol. The number of nitrogens with two attached hydrogens (primary N) is 1. The summed E-state index contributed by atoms with van der Waals surface area (Å²) in [4.78, 5) is 9.46. The first-order valence-electron chi connectivity index (χ1n) is 11.6. The summed E-state index contributed by atoms with van der Waals surface area (Å²) in [5.74, 6) is 1.57. The first-order valence-corrected chi connectivity index (χ1v) is 13.1. The Hall–Kier alpha value is -2.29. The van der Waals surface area contributed by atoms with Gasteiger partial charge in [0.15, 0.2) is 5.82 Å². The van der Waals surface area contributed by atoms with Crippen LogP contribution in [0.1, 0.15) is 38.4 Å². The zero-order valence-electron chi connectivity index (χ0n) is 19.1. The summed E-state index contributed by atoms with van der Waals surface area (Å²) in [6, 6.07) is 8.64. The molecule has 8 heteroatoms. The lowest BCUT2D eigenvalue weighted by Gasteiger charge is -2.30. The standard InChI is InChI=1S/C24H34N6OS/c1-3-4-11-21-28-22-23(19-9-5-6-10-20(19)27-24(22)25)30(21)15-8-7-14-26-18-12-16-29(17-13-18)32(2)31/h5-10,18,26H,3-4,11-17H2,1-2H3,(H2,25,27)/b8-7+. The Kier molecular flexibility index (Phi) is 7.55. The molecule has 0 radical (unpaired) electrons. The normalized spacial score (nSPS) is 17.1. The van der Waals surface area contributed by atoms with E-state index in [-0.39, 0.29) is 0 Å². The minimum atomic E-state index is -0.852. The number of nitrogens with zero attached hydrogens (tertiary/aromatic N) is 4. The number of anilines is 1. The van der Waals surface area contributed by atoms with Crippen LogP contribution in [0.5, 0.6) is 0 Å². The van der Waals surface area contributed by atoms with Gasteiger partial charge in [0.05, 0.1) is 22.0 Å². The van der Waals surface area contributed by atoms with Gasteiger partial charge in [0, 0.05) is 50.3 Å². The number of nitrogen functional groups attached to an aromatic ring is 1. The van der Waals surface area contributed by atoms with Crippen molar-refractivity contribution >= 4 is 38.7 Å². The largest absolute Gasteiger partial charge is 0.382 e. The number of allylic oxidation sites excluding steroid dienone is 1. The van der Waals surface area contributed by atoms with Crippen LogP contribution in [0.15, 0.2) is 36.4 Å². The van der Waals surface area contributed by atoms with E-state index in [0.717, 1.165) is 86.0 Å². The summed E-state index contributed by atoms with van der Waals surface area (Å²) in [6.07, 6.45) is 11.4. The van der Waals surface area contributed by atoms with Crippen LogP contribution >= 0.6 is 0 Å². The third-order valence-corrected chi connectivity index (χ3v) is 7.33. The Morgan fingerprint density at radius 3 is 2.75 bits per heavy atom. The Bertz CT molecular complexity index is 1120. The van der Waals surface area contributed by atoms with Crippen molar-refractivity contribution in [2.45, 2.75) is 51.6 Å². The lowest BCUT2D eigenvalue weighted by molar-refractivity contribution is 0.306. The molecule has 1 aromatic carbocycles. The molecule has 2 aromatic heterocycles. The predicted octanol–water partition coefficient (Wildman–Crippen LogP) is 3.41. The van der Waals surface area contributed by atoms with Gasteiger partial charge in [-0.15, -0.1) is 0 Å². The molecule has 0 amide bonds. The number of imidazole rings is 1. The van der Waals surface area contributed by atoms with Gasteiger partial charge in [-0.2, -0.15) is 0 Å². The minimum Gasteiger partial charge on any atom is -0.382 e. The van der Waals surface area contributed by atoms with E-state index in [0.29, 0.717) is 11.9 Å².